The number of carbonyl (C=O) groups is 1. The molecule has 2 rings (SSSR count). The quantitative estimate of drug-likeness (QED) is 0.787. The molecule has 0 spiro atoms. The number of piperidine rings is 1. The van der Waals surface area contributed by atoms with Gasteiger partial charge in [0.1, 0.15) is 0 Å². The average molecular weight is 253 g/mol. The molecule has 2 aliphatic rings. The highest BCUT2D eigenvalue weighted by molar-refractivity contribution is 5.84. The zero-order valence-electron chi connectivity index (χ0n) is 11.9. The average Bonchev–Trinajstić information content (AvgIpc) is 2.29. The standard InChI is InChI=1S/C14H27N3O/c1-10-7-14(8-10,9-15)13(18)16-12-4-5-17(3)11(2)6-12/h10-12H,4-9,15H2,1-3H3,(H,16,18). The monoisotopic (exact) mass is 253 g/mol. The van der Waals surface area contributed by atoms with Gasteiger partial charge in [0.15, 0.2) is 0 Å². The molecule has 2 unspecified atom stereocenters. The summed E-state index contributed by atoms with van der Waals surface area (Å²) < 4.78 is 0. The first kappa shape index (κ1) is 13.8. The van der Waals surface area contributed by atoms with Crippen LogP contribution in [0.25, 0.3) is 0 Å². The largest absolute Gasteiger partial charge is 0.353 e. The number of likely N-dealkylation sites (tertiary alicyclic amines) is 1. The first-order chi connectivity index (χ1) is 8.47. The number of nitrogens with one attached hydrogen (secondary N) is 1. The molecule has 1 heterocycles. The molecule has 1 amide bonds. The fraction of sp³-hybridized carbons (Fsp3) is 0.929. The molecule has 0 aromatic heterocycles. The lowest BCUT2D eigenvalue weighted by atomic mass is 9.62. The smallest absolute Gasteiger partial charge is 0.227 e. The summed E-state index contributed by atoms with van der Waals surface area (Å²) in [5, 5.41) is 3.24. The van der Waals surface area contributed by atoms with E-state index in [1.54, 1.807) is 0 Å². The fourth-order valence-electron chi connectivity index (χ4n) is 3.48. The molecule has 0 bridgehead atoms. The molecule has 4 heteroatoms. The third-order valence-corrected chi connectivity index (χ3v) is 4.89. The predicted octanol–water partition coefficient (Wildman–Crippen LogP) is 0.960. The maximum Gasteiger partial charge on any atom is 0.227 e. The van der Waals surface area contributed by atoms with Gasteiger partial charge in [-0.2, -0.15) is 0 Å². The van der Waals surface area contributed by atoms with E-state index < -0.39 is 0 Å². The van der Waals surface area contributed by atoms with Gasteiger partial charge < -0.3 is 16.0 Å². The normalized spacial score (nSPS) is 41.2. The fourth-order valence-corrected chi connectivity index (χ4v) is 3.48. The molecule has 0 radical (unpaired) electrons. The SMILES string of the molecule is CC1CC(CN)(C(=O)NC2CCN(C)C(C)C2)C1. The Hall–Kier alpha value is -0.610. The molecule has 1 aliphatic heterocycles. The van der Waals surface area contributed by atoms with E-state index in [0.717, 1.165) is 32.2 Å². The molecule has 2 fully saturated rings. The summed E-state index contributed by atoms with van der Waals surface area (Å²) in [6.45, 7) is 5.98. The highest BCUT2D eigenvalue weighted by Gasteiger charge is 2.47. The van der Waals surface area contributed by atoms with Crippen LogP contribution >= 0.6 is 0 Å². The minimum Gasteiger partial charge on any atom is -0.353 e. The maximum atomic E-state index is 12.4. The molecule has 4 nitrogen and oxygen atoms in total. The number of nitrogens with two attached hydrogens (primary N) is 1. The van der Waals surface area contributed by atoms with Crippen LogP contribution < -0.4 is 11.1 Å². The zero-order chi connectivity index (χ0) is 13.3. The van der Waals surface area contributed by atoms with Crippen LogP contribution in [0.15, 0.2) is 0 Å². The van der Waals surface area contributed by atoms with Crippen molar-refractivity contribution in [3.63, 3.8) is 0 Å². The lowest BCUT2D eigenvalue weighted by Crippen LogP contribution is -2.57. The van der Waals surface area contributed by atoms with E-state index in [9.17, 15) is 4.79 Å². The van der Waals surface area contributed by atoms with Gasteiger partial charge in [-0.05, 0) is 45.6 Å². The van der Waals surface area contributed by atoms with Crippen molar-refractivity contribution in [2.24, 2.45) is 17.1 Å². The molecular formula is C14H27N3O. The first-order valence-corrected chi connectivity index (χ1v) is 7.18. The van der Waals surface area contributed by atoms with Crippen molar-refractivity contribution in [1.82, 2.24) is 10.2 Å². The lowest BCUT2D eigenvalue weighted by molar-refractivity contribution is -0.139. The van der Waals surface area contributed by atoms with E-state index in [1.807, 2.05) is 0 Å². The Morgan fingerprint density at radius 2 is 2.11 bits per heavy atom. The molecule has 1 saturated carbocycles. The van der Waals surface area contributed by atoms with Gasteiger partial charge in [-0.3, -0.25) is 4.79 Å². The third-order valence-electron chi connectivity index (χ3n) is 4.89. The minimum absolute atomic E-state index is 0.199. The Balaban J connectivity index is 1.88. The van der Waals surface area contributed by atoms with Gasteiger partial charge in [-0.25, -0.2) is 0 Å². The van der Waals surface area contributed by atoms with Gasteiger partial charge in [0, 0.05) is 25.2 Å². The summed E-state index contributed by atoms with van der Waals surface area (Å²) in [5.41, 5.74) is 5.56. The van der Waals surface area contributed by atoms with Crippen molar-refractivity contribution in [3.8, 4) is 0 Å². The Morgan fingerprint density at radius 3 is 2.61 bits per heavy atom. The van der Waals surface area contributed by atoms with Crippen LogP contribution in [0.5, 0.6) is 0 Å². The molecule has 3 N–H and O–H groups in total. The van der Waals surface area contributed by atoms with E-state index >= 15 is 0 Å². The van der Waals surface area contributed by atoms with E-state index in [0.29, 0.717) is 24.5 Å². The first-order valence-electron chi connectivity index (χ1n) is 7.18. The van der Waals surface area contributed by atoms with Crippen LogP contribution in [-0.2, 0) is 4.79 Å². The van der Waals surface area contributed by atoms with Gasteiger partial charge in [-0.1, -0.05) is 6.92 Å². The topological polar surface area (TPSA) is 58.4 Å². The molecule has 1 aliphatic carbocycles. The second-order valence-corrected chi connectivity index (χ2v) is 6.52. The summed E-state index contributed by atoms with van der Waals surface area (Å²) in [7, 11) is 2.15. The van der Waals surface area contributed by atoms with Gasteiger partial charge >= 0.3 is 0 Å². The third kappa shape index (κ3) is 2.54. The van der Waals surface area contributed by atoms with Crippen molar-refractivity contribution in [1.29, 1.82) is 0 Å². The van der Waals surface area contributed by atoms with Crippen LogP contribution in [0.2, 0.25) is 0 Å². The lowest BCUT2D eigenvalue weighted by Gasteiger charge is -2.45. The zero-order valence-corrected chi connectivity index (χ0v) is 11.9. The molecule has 0 aromatic carbocycles. The van der Waals surface area contributed by atoms with Gasteiger partial charge in [0.2, 0.25) is 5.91 Å². The molecular weight excluding hydrogens is 226 g/mol. The van der Waals surface area contributed by atoms with Crippen LogP contribution in [0.1, 0.15) is 39.5 Å². The van der Waals surface area contributed by atoms with Gasteiger partial charge in [0.25, 0.3) is 0 Å². The summed E-state index contributed by atoms with van der Waals surface area (Å²) >= 11 is 0. The van der Waals surface area contributed by atoms with Crippen molar-refractivity contribution in [3.05, 3.63) is 0 Å². The maximum absolute atomic E-state index is 12.4. The van der Waals surface area contributed by atoms with E-state index in [-0.39, 0.29) is 11.3 Å². The Kier molecular flexibility index (Phi) is 3.97. The van der Waals surface area contributed by atoms with Crippen molar-refractivity contribution >= 4 is 5.91 Å². The van der Waals surface area contributed by atoms with E-state index in [2.05, 4.69) is 31.1 Å². The number of amides is 1. The van der Waals surface area contributed by atoms with Gasteiger partial charge in [0.05, 0.1) is 5.41 Å². The highest BCUT2D eigenvalue weighted by Crippen LogP contribution is 2.44. The Labute approximate surface area is 110 Å². The molecule has 18 heavy (non-hydrogen) atoms. The second-order valence-electron chi connectivity index (χ2n) is 6.52. The molecule has 104 valence electrons. The van der Waals surface area contributed by atoms with Crippen molar-refractivity contribution in [2.45, 2.75) is 51.6 Å². The molecule has 0 aromatic rings. The summed E-state index contributed by atoms with van der Waals surface area (Å²) in [6.07, 6.45) is 4.02. The molecule has 2 atom stereocenters. The van der Waals surface area contributed by atoms with E-state index in [1.165, 1.54) is 0 Å². The van der Waals surface area contributed by atoms with Crippen molar-refractivity contribution in [2.75, 3.05) is 20.1 Å². The van der Waals surface area contributed by atoms with Crippen LogP contribution in [-0.4, -0.2) is 43.0 Å². The summed E-state index contributed by atoms with van der Waals surface area (Å²) in [4.78, 5) is 14.7. The summed E-state index contributed by atoms with van der Waals surface area (Å²) in [5.74, 6) is 0.848. The predicted molar refractivity (Wildman–Crippen MR) is 73.1 cm³/mol. The number of hydrogen-bond acceptors (Lipinski definition) is 3. The van der Waals surface area contributed by atoms with Crippen LogP contribution in [0.3, 0.4) is 0 Å². The number of nitrogens with zero attached hydrogens (tertiary/aromatic N) is 1. The Bertz CT molecular complexity index is 312. The number of hydrogen-bond donors (Lipinski definition) is 2. The number of rotatable bonds is 3. The van der Waals surface area contributed by atoms with Crippen molar-refractivity contribution < 1.29 is 4.79 Å². The van der Waals surface area contributed by atoms with Crippen LogP contribution in [0, 0.1) is 11.3 Å². The molecule has 1 saturated heterocycles. The Morgan fingerprint density at radius 1 is 1.44 bits per heavy atom. The summed E-state index contributed by atoms with van der Waals surface area (Å²) in [6, 6.07) is 0.890. The van der Waals surface area contributed by atoms with E-state index in [4.69, 9.17) is 5.73 Å². The highest BCUT2D eigenvalue weighted by atomic mass is 16.2. The second kappa shape index (κ2) is 5.17. The minimum atomic E-state index is -0.258. The van der Waals surface area contributed by atoms with Crippen LogP contribution in [0.4, 0.5) is 0 Å². The van der Waals surface area contributed by atoms with Gasteiger partial charge in [-0.15, -0.1) is 0 Å². The number of carbonyl (C=O) groups excluding carboxylic acids is 1.